The number of likely N-dealkylation sites (tertiary alicyclic amines) is 1. The predicted molar refractivity (Wildman–Crippen MR) is 138 cm³/mol. The first-order chi connectivity index (χ1) is 16.9. The number of hydrogen-bond acceptors (Lipinski definition) is 9. The highest BCUT2D eigenvalue weighted by atomic mass is 35.5. The van der Waals surface area contributed by atoms with Crippen molar-refractivity contribution >= 4 is 46.2 Å². The molecule has 0 radical (unpaired) electrons. The number of aryl methyl sites for hydroxylation is 1. The van der Waals surface area contributed by atoms with Crippen molar-refractivity contribution in [2.75, 3.05) is 24.1 Å². The maximum atomic E-state index is 12.0. The van der Waals surface area contributed by atoms with Gasteiger partial charge in [-0.05, 0) is 44.0 Å². The maximum Gasteiger partial charge on any atom is 0.246 e. The van der Waals surface area contributed by atoms with Crippen molar-refractivity contribution in [1.82, 2.24) is 19.9 Å². The van der Waals surface area contributed by atoms with Crippen LogP contribution in [0, 0.1) is 12.3 Å². The van der Waals surface area contributed by atoms with Crippen LogP contribution in [0.3, 0.4) is 0 Å². The Morgan fingerprint density at radius 2 is 2.26 bits per heavy atom. The van der Waals surface area contributed by atoms with Crippen molar-refractivity contribution in [3.8, 4) is 5.75 Å². The largest absolute Gasteiger partial charge is 0.486 e. The second-order valence-electron chi connectivity index (χ2n) is 8.12. The lowest BCUT2D eigenvalue weighted by atomic mass is 10.0. The molecule has 35 heavy (non-hydrogen) atoms. The van der Waals surface area contributed by atoms with Crippen LogP contribution < -0.4 is 15.8 Å². The van der Waals surface area contributed by atoms with Crippen molar-refractivity contribution in [1.29, 1.82) is 5.41 Å². The zero-order chi connectivity index (χ0) is 24.9. The summed E-state index contributed by atoms with van der Waals surface area (Å²) in [5.41, 5.74) is 9.94. The molecule has 1 aliphatic heterocycles. The number of nitrogen functional groups attached to an aromatic ring is 1. The Kier molecular flexibility index (Phi) is 7.62. The zero-order valence-corrected chi connectivity index (χ0v) is 20.8. The minimum absolute atomic E-state index is 0.0388. The number of hydrogen-bond donors (Lipinski definition) is 3. The molecule has 0 aliphatic carbocycles. The van der Waals surface area contributed by atoms with E-state index in [9.17, 15) is 4.79 Å². The van der Waals surface area contributed by atoms with E-state index >= 15 is 0 Å². The number of carbonyl (C=O) groups is 1. The molecule has 1 saturated heterocycles. The number of ether oxygens (including phenoxy) is 1. The fraction of sp³-hybridized carbons (Fsp3) is 0.292. The molecule has 182 valence electrons. The number of halogens is 1. The van der Waals surface area contributed by atoms with E-state index in [1.807, 2.05) is 6.92 Å². The number of thiazole rings is 1. The van der Waals surface area contributed by atoms with Crippen LogP contribution in [-0.4, -0.2) is 50.6 Å². The Bertz CT molecular complexity index is 1260. The van der Waals surface area contributed by atoms with Gasteiger partial charge in [0.05, 0.1) is 32.4 Å². The molecule has 2 aromatic heterocycles. The van der Waals surface area contributed by atoms with Gasteiger partial charge >= 0.3 is 0 Å². The van der Waals surface area contributed by atoms with Crippen molar-refractivity contribution in [3.05, 3.63) is 69.4 Å². The van der Waals surface area contributed by atoms with Crippen molar-refractivity contribution < 1.29 is 9.53 Å². The Balaban J connectivity index is 1.52. The number of anilines is 2. The van der Waals surface area contributed by atoms with E-state index in [1.165, 1.54) is 23.7 Å². The predicted octanol–water partition coefficient (Wildman–Crippen LogP) is 4.06. The molecule has 4 N–H and O–H groups in total. The van der Waals surface area contributed by atoms with Gasteiger partial charge in [0.25, 0.3) is 0 Å². The lowest BCUT2D eigenvalue weighted by Crippen LogP contribution is -2.44. The van der Waals surface area contributed by atoms with E-state index < -0.39 is 0 Å². The van der Waals surface area contributed by atoms with E-state index in [-0.39, 0.29) is 23.5 Å². The molecular weight excluding hydrogens is 486 g/mol. The lowest BCUT2D eigenvalue weighted by molar-refractivity contribution is -0.127. The smallest absolute Gasteiger partial charge is 0.246 e. The van der Waals surface area contributed by atoms with Gasteiger partial charge in [-0.15, -0.1) is 11.3 Å². The van der Waals surface area contributed by atoms with Crippen LogP contribution in [-0.2, 0) is 11.4 Å². The van der Waals surface area contributed by atoms with E-state index in [2.05, 4.69) is 26.8 Å². The summed E-state index contributed by atoms with van der Waals surface area (Å²) >= 11 is 8.00. The molecule has 1 atom stereocenters. The van der Waals surface area contributed by atoms with Crippen LogP contribution in [0.4, 0.5) is 11.6 Å². The van der Waals surface area contributed by atoms with Gasteiger partial charge in [-0.2, -0.15) is 0 Å². The summed E-state index contributed by atoms with van der Waals surface area (Å²) in [5, 5.41) is 12.6. The second kappa shape index (κ2) is 10.8. The monoisotopic (exact) mass is 511 g/mol. The van der Waals surface area contributed by atoms with Gasteiger partial charge in [0.15, 0.2) is 0 Å². The number of amides is 1. The highest BCUT2D eigenvalue weighted by Gasteiger charge is 2.25. The summed E-state index contributed by atoms with van der Waals surface area (Å²) in [5.74, 6) is 1.03. The van der Waals surface area contributed by atoms with E-state index in [1.54, 1.807) is 28.6 Å². The molecule has 4 rings (SSSR count). The molecule has 1 amide bonds. The van der Waals surface area contributed by atoms with Gasteiger partial charge in [0.2, 0.25) is 5.91 Å². The molecule has 1 aromatic carbocycles. The number of piperidine rings is 1. The molecule has 0 bridgehead atoms. The van der Waals surface area contributed by atoms with Crippen LogP contribution >= 0.6 is 22.9 Å². The first-order valence-corrected chi connectivity index (χ1v) is 12.3. The van der Waals surface area contributed by atoms with Gasteiger partial charge in [0.1, 0.15) is 30.3 Å². The topological polar surface area (TPSA) is 130 Å². The molecule has 0 spiro atoms. The molecule has 1 unspecified atom stereocenters. The lowest BCUT2D eigenvalue weighted by Gasteiger charge is -2.33. The van der Waals surface area contributed by atoms with E-state index in [4.69, 9.17) is 27.5 Å². The van der Waals surface area contributed by atoms with Crippen LogP contribution in [0.15, 0.2) is 42.7 Å². The summed E-state index contributed by atoms with van der Waals surface area (Å²) in [6, 6.07) is 5.11. The van der Waals surface area contributed by atoms with Crippen molar-refractivity contribution in [2.24, 2.45) is 0 Å². The zero-order valence-electron chi connectivity index (χ0n) is 19.3. The molecular formula is C24H26ClN7O2S. The average molecular weight is 512 g/mol. The molecule has 0 saturated carbocycles. The number of carbonyl (C=O) groups excluding carboxylic acids is 1. The minimum atomic E-state index is -0.103. The van der Waals surface area contributed by atoms with Gasteiger partial charge in [-0.3, -0.25) is 10.2 Å². The SMILES string of the molecule is C=CC(=O)N1CCCC(Nc2ncnc(N)c2C(=N)c2ccc(OCc3scnc3C)c(Cl)c2)C1. The number of nitrogens with two attached hydrogens (primary N) is 1. The summed E-state index contributed by atoms with van der Waals surface area (Å²) in [6.07, 6.45) is 4.38. The Morgan fingerprint density at radius 1 is 1.43 bits per heavy atom. The highest BCUT2D eigenvalue weighted by molar-refractivity contribution is 7.09. The third kappa shape index (κ3) is 5.60. The molecule has 11 heteroatoms. The maximum absolute atomic E-state index is 12.0. The molecule has 1 aliphatic rings. The minimum Gasteiger partial charge on any atom is -0.486 e. The normalized spacial score (nSPS) is 15.5. The third-order valence-electron chi connectivity index (χ3n) is 5.80. The first-order valence-electron chi connectivity index (χ1n) is 11.1. The van der Waals surface area contributed by atoms with Crippen LogP contribution in [0.1, 0.15) is 34.5 Å². The molecule has 3 heterocycles. The third-order valence-corrected chi connectivity index (χ3v) is 7.00. The average Bonchev–Trinajstić information content (AvgIpc) is 3.27. The Labute approximate surface area is 212 Å². The van der Waals surface area contributed by atoms with Gasteiger partial charge in [0, 0.05) is 24.7 Å². The van der Waals surface area contributed by atoms with Gasteiger partial charge in [-0.1, -0.05) is 18.2 Å². The number of rotatable bonds is 8. The Morgan fingerprint density at radius 3 is 2.97 bits per heavy atom. The summed E-state index contributed by atoms with van der Waals surface area (Å²) in [4.78, 5) is 27.5. The molecule has 1 fully saturated rings. The van der Waals surface area contributed by atoms with Gasteiger partial charge in [-0.25, -0.2) is 15.0 Å². The summed E-state index contributed by atoms with van der Waals surface area (Å²) in [7, 11) is 0. The number of aromatic nitrogens is 3. The standard InChI is InChI=1S/C24H26ClN7O2S/c1-3-20(33)32-8-4-5-16(10-32)31-24-21(23(27)28-12-29-24)22(26)15-6-7-18(17(25)9-15)34-11-19-14(2)30-13-35-19/h3,6-7,9,12-13,16,26H,1,4-5,8,10-11H2,2H3,(H3,27,28,29,31). The van der Waals surface area contributed by atoms with E-state index in [0.29, 0.717) is 47.4 Å². The van der Waals surface area contributed by atoms with E-state index in [0.717, 1.165) is 23.4 Å². The fourth-order valence-corrected chi connectivity index (χ4v) is 4.82. The van der Waals surface area contributed by atoms with Crippen molar-refractivity contribution in [3.63, 3.8) is 0 Å². The molecule has 3 aromatic rings. The molecule has 9 nitrogen and oxygen atoms in total. The summed E-state index contributed by atoms with van der Waals surface area (Å²) in [6.45, 7) is 7.07. The summed E-state index contributed by atoms with van der Waals surface area (Å²) < 4.78 is 5.86. The van der Waals surface area contributed by atoms with Crippen LogP contribution in [0.2, 0.25) is 5.02 Å². The Hall–Kier alpha value is -3.50. The van der Waals surface area contributed by atoms with Crippen molar-refractivity contribution in [2.45, 2.75) is 32.4 Å². The highest BCUT2D eigenvalue weighted by Crippen LogP contribution is 2.30. The quantitative estimate of drug-likeness (QED) is 0.307. The van der Waals surface area contributed by atoms with Gasteiger partial charge < -0.3 is 20.7 Å². The van der Waals surface area contributed by atoms with Crippen LogP contribution in [0.25, 0.3) is 0 Å². The number of benzene rings is 1. The number of nitrogens with one attached hydrogen (secondary N) is 2. The fourth-order valence-electron chi connectivity index (χ4n) is 3.90. The van der Waals surface area contributed by atoms with Crippen LogP contribution in [0.5, 0.6) is 5.75 Å². The first kappa shape index (κ1) is 24.6. The second-order valence-corrected chi connectivity index (χ2v) is 9.47. The number of nitrogens with zero attached hydrogens (tertiary/aromatic N) is 4.